The van der Waals surface area contributed by atoms with Crippen molar-refractivity contribution in [2.45, 2.75) is 83.3 Å². The van der Waals surface area contributed by atoms with Gasteiger partial charge < -0.3 is 33.7 Å². The second kappa shape index (κ2) is 17.7. The molecule has 4 aromatic carbocycles. The van der Waals surface area contributed by atoms with Gasteiger partial charge in [-0.1, -0.05) is 121 Å². The van der Waals surface area contributed by atoms with Gasteiger partial charge in [0.1, 0.15) is 30.0 Å². The number of rotatable bonds is 15. The van der Waals surface area contributed by atoms with E-state index in [1.54, 1.807) is 20.8 Å². The number of alkyl carbamates (subject to hydrolysis) is 1. The fourth-order valence-electron chi connectivity index (χ4n) is 5.39. The number of nitrogens with one attached hydrogen (secondary N) is 1. The average molecular weight is 668 g/mol. The zero-order chi connectivity index (χ0) is 34.5. The molecule has 5 unspecified atom stereocenters. The van der Waals surface area contributed by atoms with Crippen molar-refractivity contribution in [3.05, 3.63) is 144 Å². The Morgan fingerprint density at radius 3 is 1.65 bits per heavy atom. The van der Waals surface area contributed by atoms with Crippen LogP contribution in [0, 0.1) is 0 Å². The molecule has 1 heterocycles. The molecule has 0 aromatic heterocycles. The van der Waals surface area contributed by atoms with E-state index >= 15 is 0 Å². The molecule has 49 heavy (non-hydrogen) atoms. The molecule has 1 N–H and O–H groups in total. The van der Waals surface area contributed by atoms with Gasteiger partial charge in [-0.05, 0) is 43.0 Å². The lowest BCUT2D eigenvalue weighted by Crippen LogP contribution is -2.47. The van der Waals surface area contributed by atoms with E-state index in [0.29, 0.717) is 6.61 Å². The van der Waals surface area contributed by atoms with Crippen LogP contribution in [0.5, 0.6) is 0 Å². The number of esters is 1. The summed E-state index contributed by atoms with van der Waals surface area (Å²) in [5, 5.41) is 2.70. The molecule has 9 heteroatoms. The monoisotopic (exact) mass is 667 g/mol. The minimum atomic E-state index is -1.15. The molecule has 1 saturated heterocycles. The van der Waals surface area contributed by atoms with Gasteiger partial charge in [0.15, 0.2) is 0 Å². The van der Waals surface area contributed by atoms with Crippen LogP contribution in [0.3, 0.4) is 0 Å². The topological polar surface area (TPSA) is 102 Å². The van der Waals surface area contributed by atoms with Gasteiger partial charge >= 0.3 is 12.1 Å². The van der Waals surface area contributed by atoms with Crippen LogP contribution in [0.4, 0.5) is 4.79 Å². The number of carbonyl (C=O) groups is 2. The lowest BCUT2D eigenvalue weighted by atomic mass is 10.1. The van der Waals surface area contributed by atoms with Gasteiger partial charge in [-0.3, -0.25) is 0 Å². The predicted octanol–water partition coefficient (Wildman–Crippen LogP) is 6.78. The number of amides is 1. The third kappa shape index (κ3) is 11.5. The van der Waals surface area contributed by atoms with Gasteiger partial charge in [0, 0.05) is 6.42 Å². The predicted molar refractivity (Wildman–Crippen MR) is 184 cm³/mol. The van der Waals surface area contributed by atoms with Crippen molar-refractivity contribution in [3.63, 3.8) is 0 Å². The summed E-state index contributed by atoms with van der Waals surface area (Å²) in [6.45, 7) is 6.32. The molecule has 5 atom stereocenters. The Hall–Kier alpha value is -4.54. The van der Waals surface area contributed by atoms with Gasteiger partial charge in [0.25, 0.3) is 0 Å². The Kier molecular flexibility index (Phi) is 12.9. The Morgan fingerprint density at radius 2 is 1.14 bits per heavy atom. The average Bonchev–Trinajstić information content (AvgIpc) is 3.42. The minimum Gasteiger partial charge on any atom is -0.444 e. The fourth-order valence-corrected chi connectivity index (χ4v) is 5.39. The van der Waals surface area contributed by atoms with Crippen molar-refractivity contribution in [2.75, 3.05) is 6.61 Å². The first-order valence-electron chi connectivity index (χ1n) is 16.6. The zero-order valence-electron chi connectivity index (χ0n) is 28.2. The van der Waals surface area contributed by atoms with Crippen molar-refractivity contribution in [2.24, 2.45) is 0 Å². The highest BCUT2D eigenvalue weighted by atomic mass is 16.7. The van der Waals surface area contributed by atoms with Crippen molar-refractivity contribution in [1.82, 2.24) is 5.32 Å². The number of carbonyl (C=O) groups excluding carboxylic acids is 2. The van der Waals surface area contributed by atoms with Crippen LogP contribution in [0.25, 0.3) is 0 Å². The number of hydrogen-bond donors (Lipinski definition) is 1. The first kappa shape index (κ1) is 35.8. The lowest BCUT2D eigenvalue weighted by Gasteiger charge is -2.26. The molecule has 258 valence electrons. The summed E-state index contributed by atoms with van der Waals surface area (Å²) >= 11 is 0. The molecule has 4 aromatic rings. The Labute approximate surface area is 288 Å². The summed E-state index contributed by atoms with van der Waals surface area (Å²) in [5.41, 5.74) is 3.00. The molecule has 1 aliphatic rings. The Balaban J connectivity index is 1.37. The molecule has 5 rings (SSSR count). The highest BCUT2D eigenvalue weighted by Crippen LogP contribution is 2.30. The largest absolute Gasteiger partial charge is 0.444 e. The number of ether oxygens (including phenoxy) is 6. The molecule has 0 spiro atoms. The normalized spacial score (nSPS) is 19.6. The molecular formula is C40H45NO8. The zero-order valence-corrected chi connectivity index (χ0v) is 28.2. The SMILES string of the molecule is CC(C)(C)OC(=O)NC(Cc1ccccc1)C(=O)OC1OC(COCc2ccccc2)C(OCc2ccccc2)C1OCc1ccccc1. The Morgan fingerprint density at radius 1 is 0.673 bits per heavy atom. The molecule has 1 fully saturated rings. The molecule has 0 saturated carbocycles. The van der Waals surface area contributed by atoms with Crippen LogP contribution in [-0.4, -0.2) is 54.9 Å². The molecule has 1 aliphatic heterocycles. The molecule has 1 amide bonds. The van der Waals surface area contributed by atoms with Crippen molar-refractivity contribution < 1.29 is 38.0 Å². The third-order valence-corrected chi connectivity index (χ3v) is 7.72. The molecule has 0 radical (unpaired) electrons. The Bertz CT molecular complexity index is 1560. The summed E-state index contributed by atoms with van der Waals surface area (Å²) in [6, 6.07) is 37.7. The van der Waals surface area contributed by atoms with E-state index in [4.69, 9.17) is 28.4 Å². The van der Waals surface area contributed by atoms with Crippen LogP contribution in [0.2, 0.25) is 0 Å². The van der Waals surface area contributed by atoms with Gasteiger partial charge in [-0.15, -0.1) is 0 Å². The summed E-state index contributed by atoms with van der Waals surface area (Å²) in [4.78, 5) is 26.8. The maximum absolute atomic E-state index is 13.9. The van der Waals surface area contributed by atoms with Gasteiger partial charge in [-0.2, -0.15) is 0 Å². The summed E-state index contributed by atoms with van der Waals surface area (Å²) in [7, 11) is 0. The van der Waals surface area contributed by atoms with E-state index in [1.165, 1.54) is 0 Å². The standard InChI is InChI=1S/C40H45NO8/c1-40(2,3)49-39(43)41-33(24-29-16-8-4-9-17-29)37(42)48-38-36(46-27-32-22-14-7-15-23-32)35(45-26-31-20-12-6-13-21-31)34(47-38)28-44-25-30-18-10-5-11-19-30/h4-23,33-36,38H,24-28H2,1-3H3,(H,41,43). The smallest absolute Gasteiger partial charge is 0.408 e. The van der Waals surface area contributed by atoms with Crippen LogP contribution in [0.15, 0.2) is 121 Å². The van der Waals surface area contributed by atoms with E-state index in [-0.39, 0.29) is 26.2 Å². The van der Waals surface area contributed by atoms with Crippen molar-refractivity contribution >= 4 is 12.1 Å². The van der Waals surface area contributed by atoms with E-state index in [0.717, 1.165) is 22.3 Å². The first-order valence-corrected chi connectivity index (χ1v) is 16.6. The molecule has 0 bridgehead atoms. The molecule has 9 nitrogen and oxygen atoms in total. The second-order valence-corrected chi connectivity index (χ2v) is 12.9. The minimum absolute atomic E-state index is 0.164. The van der Waals surface area contributed by atoms with Crippen molar-refractivity contribution in [3.8, 4) is 0 Å². The highest BCUT2D eigenvalue weighted by Gasteiger charge is 2.49. The fraction of sp³-hybridized carbons (Fsp3) is 0.350. The van der Waals surface area contributed by atoms with E-state index < -0.39 is 48.3 Å². The van der Waals surface area contributed by atoms with Crippen LogP contribution < -0.4 is 5.32 Å². The quantitative estimate of drug-likeness (QED) is 0.139. The maximum Gasteiger partial charge on any atom is 0.408 e. The summed E-state index contributed by atoms with van der Waals surface area (Å²) in [5.74, 6) is -0.694. The van der Waals surface area contributed by atoms with E-state index in [2.05, 4.69) is 5.32 Å². The lowest BCUT2D eigenvalue weighted by molar-refractivity contribution is -0.199. The first-order chi connectivity index (χ1) is 23.7. The second-order valence-electron chi connectivity index (χ2n) is 12.9. The van der Waals surface area contributed by atoms with Gasteiger partial charge in [-0.25, -0.2) is 9.59 Å². The van der Waals surface area contributed by atoms with Crippen LogP contribution in [0.1, 0.15) is 43.0 Å². The number of benzene rings is 4. The number of hydrogen-bond acceptors (Lipinski definition) is 8. The molecular weight excluding hydrogens is 622 g/mol. The van der Waals surface area contributed by atoms with Crippen LogP contribution >= 0.6 is 0 Å². The maximum atomic E-state index is 13.9. The summed E-state index contributed by atoms with van der Waals surface area (Å²) < 4.78 is 37.0. The third-order valence-electron chi connectivity index (χ3n) is 7.72. The van der Waals surface area contributed by atoms with E-state index in [9.17, 15) is 9.59 Å². The van der Waals surface area contributed by atoms with Crippen LogP contribution in [-0.2, 0) is 59.5 Å². The van der Waals surface area contributed by atoms with Gasteiger partial charge in [0.2, 0.25) is 6.29 Å². The van der Waals surface area contributed by atoms with Gasteiger partial charge in [0.05, 0.1) is 26.4 Å². The summed E-state index contributed by atoms with van der Waals surface area (Å²) in [6.07, 6.45) is -3.79. The van der Waals surface area contributed by atoms with Crippen molar-refractivity contribution in [1.29, 1.82) is 0 Å². The highest BCUT2D eigenvalue weighted by molar-refractivity contribution is 5.82. The molecule has 0 aliphatic carbocycles. The van der Waals surface area contributed by atoms with E-state index in [1.807, 2.05) is 121 Å².